The number of ether oxygens (including phenoxy) is 1. The van der Waals surface area contributed by atoms with E-state index in [1.54, 1.807) is 13.2 Å². The van der Waals surface area contributed by atoms with E-state index in [-0.39, 0.29) is 5.91 Å². The van der Waals surface area contributed by atoms with Crippen LogP contribution in [0.2, 0.25) is 0 Å². The summed E-state index contributed by atoms with van der Waals surface area (Å²) in [6, 6.07) is 16.8. The van der Waals surface area contributed by atoms with Crippen LogP contribution in [0.3, 0.4) is 0 Å². The van der Waals surface area contributed by atoms with Crippen molar-refractivity contribution in [3.63, 3.8) is 0 Å². The molecule has 1 aliphatic heterocycles. The molecule has 0 bridgehead atoms. The van der Waals surface area contributed by atoms with Crippen LogP contribution in [0.15, 0.2) is 54.7 Å². The minimum atomic E-state index is -0.243. The summed E-state index contributed by atoms with van der Waals surface area (Å²) in [5.74, 6) is -0.243. The zero-order valence-electron chi connectivity index (χ0n) is 18.0. The molecule has 8 heteroatoms. The molecule has 1 fully saturated rings. The first-order valence-corrected chi connectivity index (χ1v) is 11.6. The van der Waals surface area contributed by atoms with Crippen LogP contribution >= 0.6 is 0 Å². The Balaban J connectivity index is 1.40. The molecular formula is C24H26AsN5O2. The fourth-order valence-corrected chi connectivity index (χ4v) is 4.11. The molecular weight excluding hydrogens is 465 g/mol. The van der Waals surface area contributed by atoms with Gasteiger partial charge in [0.25, 0.3) is 0 Å². The van der Waals surface area contributed by atoms with Gasteiger partial charge in [0.2, 0.25) is 0 Å². The fourth-order valence-electron chi connectivity index (χ4n) is 3.67. The summed E-state index contributed by atoms with van der Waals surface area (Å²) >= 11 is 2.29. The van der Waals surface area contributed by atoms with Crippen LogP contribution in [0.5, 0.6) is 0 Å². The van der Waals surface area contributed by atoms with Gasteiger partial charge in [0, 0.05) is 18.8 Å². The van der Waals surface area contributed by atoms with Crippen LogP contribution < -0.4 is 20.0 Å². The maximum atomic E-state index is 12.0. The van der Waals surface area contributed by atoms with Crippen LogP contribution in [-0.2, 0) is 17.8 Å². The van der Waals surface area contributed by atoms with E-state index < -0.39 is 0 Å². The number of aromatic nitrogens is 2. The van der Waals surface area contributed by atoms with Crippen LogP contribution in [0.4, 0.5) is 5.69 Å². The van der Waals surface area contributed by atoms with Crippen LogP contribution in [-0.4, -0.2) is 66.1 Å². The molecule has 0 unspecified atom stereocenters. The maximum absolute atomic E-state index is 12.0. The number of rotatable bonds is 7. The summed E-state index contributed by atoms with van der Waals surface area (Å²) in [6.07, 6.45) is 1.70. The van der Waals surface area contributed by atoms with Gasteiger partial charge in [-0.25, -0.2) is 0 Å². The van der Waals surface area contributed by atoms with Crippen molar-refractivity contribution < 1.29 is 9.53 Å². The number of nitrogens with one attached hydrogen (secondary N) is 2. The monoisotopic (exact) mass is 491 g/mol. The average Bonchev–Trinajstić information content (AvgIpc) is 2.85. The molecule has 4 rings (SSSR count). The first kappa shape index (κ1) is 22.5. The van der Waals surface area contributed by atoms with Crippen molar-refractivity contribution in [1.82, 2.24) is 20.6 Å². The molecule has 7 nitrogen and oxygen atoms in total. The number of nitrogens with zero attached hydrogens (tertiary/aromatic N) is 3. The summed E-state index contributed by atoms with van der Waals surface area (Å²) < 4.78 is 6.01. The summed E-state index contributed by atoms with van der Waals surface area (Å²) in [7, 11) is 1.59. The van der Waals surface area contributed by atoms with Gasteiger partial charge in [-0.3, -0.25) is 0 Å². The van der Waals surface area contributed by atoms with E-state index >= 15 is 0 Å². The molecule has 0 aliphatic carbocycles. The Morgan fingerprint density at radius 3 is 2.56 bits per heavy atom. The molecule has 1 aliphatic rings. The Morgan fingerprint density at radius 2 is 1.81 bits per heavy atom. The van der Waals surface area contributed by atoms with E-state index in [2.05, 4.69) is 78.8 Å². The molecule has 32 heavy (non-hydrogen) atoms. The molecule has 2 heterocycles. The molecule has 1 saturated heterocycles. The van der Waals surface area contributed by atoms with E-state index in [0.29, 0.717) is 15.9 Å². The van der Waals surface area contributed by atoms with E-state index in [9.17, 15) is 4.79 Å². The van der Waals surface area contributed by atoms with E-state index in [1.165, 1.54) is 11.3 Å². The SMILES string of the molecule is CNC(=O)c1nc(-c2cccc(CNCc3cccc(N4CCOCC4)c3)c2)cnc1[As]. The normalized spacial score (nSPS) is 13.8. The van der Waals surface area contributed by atoms with Gasteiger partial charge in [0.15, 0.2) is 0 Å². The Bertz CT molecular complexity index is 1090. The number of hydrogen-bond donors (Lipinski definition) is 2. The Labute approximate surface area is 197 Å². The van der Waals surface area contributed by atoms with E-state index in [4.69, 9.17) is 4.74 Å². The molecule has 2 N–H and O–H groups in total. The molecule has 0 saturated carbocycles. The van der Waals surface area contributed by atoms with E-state index in [1.807, 2.05) is 12.1 Å². The topological polar surface area (TPSA) is 79.4 Å². The summed E-state index contributed by atoms with van der Waals surface area (Å²) in [4.78, 5) is 23.2. The van der Waals surface area contributed by atoms with Crippen molar-refractivity contribution in [3.05, 3.63) is 71.5 Å². The van der Waals surface area contributed by atoms with Gasteiger partial charge in [-0.2, -0.15) is 0 Å². The third-order valence-corrected chi connectivity index (χ3v) is 6.05. The molecule has 3 aromatic rings. The molecule has 1 aromatic heterocycles. The number of carbonyl (C=O) groups is 1. The minimum absolute atomic E-state index is 0.243. The van der Waals surface area contributed by atoms with Crippen molar-refractivity contribution in [2.75, 3.05) is 38.3 Å². The molecule has 0 spiro atoms. The van der Waals surface area contributed by atoms with Crippen LogP contribution in [0.25, 0.3) is 11.3 Å². The third-order valence-electron chi connectivity index (χ3n) is 5.36. The van der Waals surface area contributed by atoms with Gasteiger partial charge in [-0.1, -0.05) is 6.07 Å². The van der Waals surface area contributed by atoms with Crippen molar-refractivity contribution in [1.29, 1.82) is 0 Å². The standard InChI is InChI=1S/C24H26AsN5O2/c1-26-24(31)22-23(25)28-16-21(29-22)19-6-2-4-17(12-19)14-27-15-18-5-3-7-20(13-18)30-8-10-32-11-9-30/h2-7,12-13,16,27H,8-11,14-15H2,1H3,(H,26,31). The molecule has 2 aromatic carbocycles. The second kappa shape index (κ2) is 10.7. The van der Waals surface area contributed by atoms with Crippen molar-refractivity contribution >= 4 is 32.9 Å². The Hall–Kier alpha value is -2.73. The van der Waals surface area contributed by atoms with Gasteiger partial charge < -0.3 is 9.64 Å². The van der Waals surface area contributed by atoms with Gasteiger partial charge in [0.1, 0.15) is 0 Å². The summed E-state index contributed by atoms with van der Waals surface area (Å²) in [6.45, 7) is 4.96. The number of hydrogen-bond acceptors (Lipinski definition) is 6. The number of carbonyl (C=O) groups excluding carboxylic acids is 1. The zero-order chi connectivity index (χ0) is 22.3. The summed E-state index contributed by atoms with van der Waals surface area (Å²) in [5.41, 5.74) is 5.59. The first-order chi connectivity index (χ1) is 15.6. The number of anilines is 1. The van der Waals surface area contributed by atoms with Crippen molar-refractivity contribution in [2.45, 2.75) is 13.1 Å². The second-order valence-corrected chi connectivity index (χ2v) is 8.47. The second-order valence-electron chi connectivity index (χ2n) is 7.58. The van der Waals surface area contributed by atoms with Crippen molar-refractivity contribution in [3.8, 4) is 11.3 Å². The molecule has 0 atom stereocenters. The number of morpholine rings is 1. The van der Waals surface area contributed by atoms with Crippen LogP contribution in [0, 0.1) is 0 Å². The van der Waals surface area contributed by atoms with Crippen LogP contribution in [0.1, 0.15) is 21.6 Å². The molecule has 1 amide bonds. The third kappa shape index (κ3) is 5.54. The Morgan fingerprint density at radius 1 is 1.09 bits per heavy atom. The quantitative estimate of drug-likeness (QED) is 0.487. The van der Waals surface area contributed by atoms with Crippen molar-refractivity contribution in [2.24, 2.45) is 0 Å². The Kier molecular flexibility index (Phi) is 7.53. The van der Waals surface area contributed by atoms with Gasteiger partial charge >= 0.3 is 143 Å². The molecule has 2 radical (unpaired) electrons. The van der Waals surface area contributed by atoms with Gasteiger partial charge in [-0.15, -0.1) is 0 Å². The predicted molar refractivity (Wildman–Crippen MR) is 126 cm³/mol. The first-order valence-electron chi connectivity index (χ1n) is 10.6. The number of amides is 1. The summed E-state index contributed by atoms with van der Waals surface area (Å²) in [5, 5.41) is 6.14. The van der Waals surface area contributed by atoms with E-state index in [0.717, 1.165) is 50.5 Å². The zero-order valence-corrected chi connectivity index (χ0v) is 19.9. The molecule has 164 valence electrons. The number of benzene rings is 2. The van der Waals surface area contributed by atoms with Gasteiger partial charge in [-0.05, 0) is 6.07 Å². The van der Waals surface area contributed by atoms with Gasteiger partial charge in [0.05, 0.1) is 13.2 Å². The fraction of sp³-hybridized carbons (Fsp3) is 0.292. The predicted octanol–water partition coefficient (Wildman–Crippen LogP) is 1.42. The average molecular weight is 491 g/mol.